The van der Waals surface area contributed by atoms with Crippen LogP contribution in [0.4, 0.5) is 4.79 Å². The van der Waals surface area contributed by atoms with Crippen LogP contribution in [-0.2, 0) is 9.47 Å². The van der Waals surface area contributed by atoms with Gasteiger partial charge in [0, 0.05) is 38.4 Å². The van der Waals surface area contributed by atoms with Crippen molar-refractivity contribution in [1.29, 1.82) is 0 Å². The van der Waals surface area contributed by atoms with Gasteiger partial charge in [0.1, 0.15) is 5.60 Å². The molecule has 2 fully saturated rings. The zero-order valence-electron chi connectivity index (χ0n) is 14.7. The maximum atomic E-state index is 12.4. The lowest BCUT2D eigenvalue weighted by atomic mass is 9.89. The SMILES string of the molecule is COCCC(C)NCC1CC2CCC1N2C(=O)OC(C)(C)C. The molecule has 0 aromatic carbocycles. The summed E-state index contributed by atoms with van der Waals surface area (Å²) in [6.45, 7) is 9.75. The summed E-state index contributed by atoms with van der Waals surface area (Å²) in [4.78, 5) is 14.4. The van der Waals surface area contributed by atoms with Crippen molar-refractivity contribution in [2.75, 3.05) is 20.3 Å². The molecule has 2 heterocycles. The van der Waals surface area contributed by atoms with E-state index >= 15 is 0 Å². The average molecular weight is 312 g/mol. The number of rotatable bonds is 6. The number of hydrogen-bond donors (Lipinski definition) is 1. The third-order valence-electron chi connectivity index (χ3n) is 4.75. The topological polar surface area (TPSA) is 50.8 Å². The van der Waals surface area contributed by atoms with Gasteiger partial charge < -0.3 is 19.7 Å². The average Bonchev–Trinajstić information content (AvgIpc) is 2.98. The fourth-order valence-electron chi connectivity index (χ4n) is 3.68. The molecule has 128 valence electrons. The predicted octanol–water partition coefficient (Wildman–Crippen LogP) is 2.79. The third kappa shape index (κ3) is 4.35. The summed E-state index contributed by atoms with van der Waals surface area (Å²) < 4.78 is 10.7. The van der Waals surface area contributed by atoms with E-state index in [1.165, 1.54) is 0 Å². The molecule has 4 atom stereocenters. The summed E-state index contributed by atoms with van der Waals surface area (Å²) in [5.41, 5.74) is -0.415. The van der Waals surface area contributed by atoms with E-state index in [0.717, 1.165) is 38.8 Å². The number of carbonyl (C=O) groups is 1. The summed E-state index contributed by atoms with van der Waals surface area (Å²) in [6.07, 6.45) is 4.23. The van der Waals surface area contributed by atoms with Crippen molar-refractivity contribution in [3.05, 3.63) is 0 Å². The second-order valence-corrected chi connectivity index (χ2v) is 7.77. The molecule has 1 N–H and O–H groups in total. The smallest absolute Gasteiger partial charge is 0.410 e. The molecular formula is C17H32N2O3. The number of methoxy groups -OCH3 is 1. The zero-order chi connectivity index (χ0) is 16.3. The summed E-state index contributed by atoms with van der Waals surface area (Å²) in [5, 5.41) is 3.59. The van der Waals surface area contributed by atoms with E-state index in [2.05, 4.69) is 12.2 Å². The molecule has 0 aromatic heterocycles. The number of hydrogen-bond acceptors (Lipinski definition) is 4. The highest BCUT2D eigenvalue weighted by molar-refractivity contribution is 5.70. The van der Waals surface area contributed by atoms with Gasteiger partial charge in [0.2, 0.25) is 0 Å². The Hall–Kier alpha value is -0.810. The van der Waals surface area contributed by atoms with Crippen molar-refractivity contribution in [1.82, 2.24) is 10.2 Å². The molecule has 2 bridgehead atoms. The van der Waals surface area contributed by atoms with Crippen LogP contribution in [0.3, 0.4) is 0 Å². The van der Waals surface area contributed by atoms with Gasteiger partial charge in [-0.25, -0.2) is 4.79 Å². The van der Waals surface area contributed by atoms with Gasteiger partial charge in [-0.1, -0.05) is 0 Å². The predicted molar refractivity (Wildman–Crippen MR) is 86.9 cm³/mol. The molecule has 0 saturated carbocycles. The van der Waals surface area contributed by atoms with Gasteiger partial charge in [-0.3, -0.25) is 0 Å². The third-order valence-corrected chi connectivity index (χ3v) is 4.75. The number of fused-ring (bicyclic) bond motifs is 2. The monoisotopic (exact) mass is 312 g/mol. The van der Waals surface area contributed by atoms with Crippen molar-refractivity contribution in [3.63, 3.8) is 0 Å². The number of carbonyl (C=O) groups excluding carboxylic acids is 1. The second kappa shape index (κ2) is 7.18. The number of nitrogens with zero attached hydrogens (tertiary/aromatic N) is 1. The van der Waals surface area contributed by atoms with Crippen LogP contribution < -0.4 is 5.32 Å². The summed E-state index contributed by atoms with van der Waals surface area (Å²) in [5.74, 6) is 0.552. The Morgan fingerprint density at radius 1 is 1.36 bits per heavy atom. The Morgan fingerprint density at radius 2 is 2.09 bits per heavy atom. The van der Waals surface area contributed by atoms with E-state index in [9.17, 15) is 4.79 Å². The van der Waals surface area contributed by atoms with Gasteiger partial charge in [0.25, 0.3) is 0 Å². The molecule has 0 aliphatic carbocycles. The fourth-order valence-corrected chi connectivity index (χ4v) is 3.68. The first-order valence-electron chi connectivity index (χ1n) is 8.55. The maximum Gasteiger partial charge on any atom is 0.410 e. The molecule has 5 heteroatoms. The number of nitrogens with one attached hydrogen (secondary N) is 1. The summed E-state index contributed by atoms with van der Waals surface area (Å²) in [6, 6.07) is 1.18. The molecule has 1 amide bonds. The van der Waals surface area contributed by atoms with Gasteiger partial charge in [-0.05, 0) is 59.3 Å². The van der Waals surface area contributed by atoms with Gasteiger partial charge in [0.15, 0.2) is 0 Å². The highest BCUT2D eigenvalue weighted by Gasteiger charge is 2.49. The van der Waals surface area contributed by atoms with Crippen LogP contribution in [0.25, 0.3) is 0 Å². The lowest BCUT2D eigenvalue weighted by Gasteiger charge is -2.28. The Morgan fingerprint density at radius 3 is 2.73 bits per heavy atom. The van der Waals surface area contributed by atoms with E-state index in [-0.39, 0.29) is 6.09 Å². The summed E-state index contributed by atoms with van der Waals surface area (Å²) in [7, 11) is 1.74. The maximum absolute atomic E-state index is 12.4. The normalized spacial score (nSPS) is 29.0. The van der Waals surface area contributed by atoms with Crippen LogP contribution in [0.1, 0.15) is 53.4 Å². The molecule has 4 unspecified atom stereocenters. The van der Waals surface area contributed by atoms with E-state index in [0.29, 0.717) is 24.0 Å². The zero-order valence-corrected chi connectivity index (χ0v) is 14.7. The standard InChI is InChI=1S/C17H32N2O3/c1-12(8-9-21-5)18-11-13-10-14-6-7-15(13)19(14)16(20)22-17(2,3)4/h12-15,18H,6-11H2,1-5H3. The van der Waals surface area contributed by atoms with Crippen molar-refractivity contribution in [2.45, 2.75) is 77.1 Å². The minimum Gasteiger partial charge on any atom is -0.444 e. The Labute approximate surface area is 134 Å². The van der Waals surface area contributed by atoms with Crippen molar-refractivity contribution < 1.29 is 14.3 Å². The van der Waals surface area contributed by atoms with Crippen LogP contribution in [-0.4, -0.2) is 55.0 Å². The highest BCUT2D eigenvalue weighted by atomic mass is 16.6. The molecule has 0 radical (unpaired) electrons. The van der Waals surface area contributed by atoms with E-state index in [1.54, 1.807) is 7.11 Å². The van der Waals surface area contributed by atoms with Crippen molar-refractivity contribution in [3.8, 4) is 0 Å². The number of ether oxygens (including phenoxy) is 2. The van der Waals surface area contributed by atoms with Gasteiger partial charge in [0.05, 0.1) is 0 Å². The molecule has 2 rings (SSSR count). The number of amides is 1. The lowest BCUT2D eigenvalue weighted by Crippen LogP contribution is -2.42. The summed E-state index contributed by atoms with van der Waals surface area (Å²) >= 11 is 0. The molecule has 2 aliphatic rings. The van der Waals surface area contributed by atoms with Crippen molar-refractivity contribution in [2.24, 2.45) is 5.92 Å². The van der Waals surface area contributed by atoms with Crippen LogP contribution in [0, 0.1) is 5.92 Å². The molecule has 2 aliphatic heterocycles. The van der Waals surface area contributed by atoms with E-state index in [1.807, 2.05) is 25.7 Å². The lowest BCUT2D eigenvalue weighted by molar-refractivity contribution is 0.0205. The van der Waals surface area contributed by atoms with Crippen molar-refractivity contribution >= 4 is 6.09 Å². The minimum absolute atomic E-state index is 0.130. The Balaban J connectivity index is 1.84. The largest absolute Gasteiger partial charge is 0.444 e. The minimum atomic E-state index is -0.415. The molecular weight excluding hydrogens is 280 g/mol. The van der Waals surface area contributed by atoms with Gasteiger partial charge in [-0.2, -0.15) is 0 Å². The van der Waals surface area contributed by atoms with Crippen LogP contribution >= 0.6 is 0 Å². The molecule has 0 aromatic rings. The van der Waals surface area contributed by atoms with Gasteiger partial charge in [-0.15, -0.1) is 0 Å². The molecule has 22 heavy (non-hydrogen) atoms. The van der Waals surface area contributed by atoms with Gasteiger partial charge >= 0.3 is 6.09 Å². The first-order valence-corrected chi connectivity index (χ1v) is 8.55. The molecule has 0 spiro atoms. The molecule has 2 saturated heterocycles. The molecule has 5 nitrogen and oxygen atoms in total. The van der Waals surface area contributed by atoms with E-state index < -0.39 is 5.60 Å². The van der Waals surface area contributed by atoms with E-state index in [4.69, 9.17) is 9.47 Å². The Kier molecular flexibility index (Phi) is 5.72. The van der Waals surface area contributed by atoms with Crippen LogP contribution in [0.5, 0.6) is 0 Å². The first kappa shape index (κ1) is 17.5. The fraction of sp³-hybridized carbons (Fsp3) is 0.941. The first-order chi connectivity index (χ1) is 10.3. The highest BCUT2D eigenvalue weighted by Crippen LogP contribution is 2.42. The Bertz CT molecular complexity index is 381. The quantitative estimate of drug-likeness (QED) is 0.819. The van der Waals surface area contributed by atoms with Crippen LogP contribution in [0.2, 0.25) is 0 Å². The van der Waals surface area contributed by atoms with Crippen LogP contribution in [0.15, 0.2) is 0 Å². The second-order valence-electron chi connectivity index (χ2n) is 7.77.